The van der Waals surface area contributed by atoms with Gasteiger partial charge >= 0.3 is 6.33 Å². The Bertz CT molecular complexity index is 796. The Morgan fingerprint density at radius 2 is 2.25 bits per heavy atom. The molecule has 0 aliphatic carbocycles. The highest BCUT2D eigenvalue weighted by Crippen LogP contribution is 2.24. The lowest BCUT2D eigenvalue weighted by Gasteiger charge is -2.08. The molecule has 0 radical (unpaired) electrons. The van der Waals surface area contributed by atoms with Crippen LogP contribution in [0.25, 0.3) is 16.4 Å². The molecule has 2 heterocycles. The van der Waals surface area contributed by atoms with Crippen LogP contribution in [0, 0.1) is 0 Å². The zero-order valence-electron chi connectivity index (χ0n) is 10.7. The van der Waals surface area contributed by atoms with Gasteiger partial charge in [0.1, 0.15) is 0 Å². The van der Waals surface area contributed by atoms with E-state index in [1.807, 2.05) is 18.2 Å². The van der Waals surface area contributed by atoms with E-state index in [0.29, 0.717) is 10.7 Å². The second kappa shape index (κ2) is 5.49. The van der Waals surface area contributed by atoms with Gasteiger partial charge in [-0.2, -0.15) is 0 Å². The summed E-state index contributed by atoms with van der Waals surface area (Å²) in [4.78, 5) is 8.37. The van der Waals surface area contributed by atoms with Gasteiger partial charge in [-0.05, 0) is 29.6 Å². The normalized spacial score (nSPS) is 11.3. The molecule has 3 aromatic rings. The van der Waals surface area contributed by atoms with Gasteiger partial charge in [0.2, 0.25) is 5.16 Å². The van der Waals surface area contributed by atoms with Crippen LogP contribution in [-0.2, 0) is 0 Å². The van der Waals surface area contributed by atoms with Gasteiger partial charge in [-0.15, -0.1) is 0 Å². The summed E-state index contributed by atoms with van der Waals surface area (Å²) in [5, 5.41) is 17.8. The minimum atomic E-state index is -0.274. The second-order valence-electron chi connectivity index (χ2n) is 4.25. The summed E-state index contributed by atoms with van der Waals surface area (Å²) in [5.74, 6) is 0.613. The number of aromatic nitrogens is 4. The lowest BCUT2D eigenvalue weighted by molar-refractivity contribution is -0.591. The van der Waals surface area contributed by atoms with E-state index in [1.165, 1.54) is 16.3 Å². The Morgan fingerprint density at radius 1 is 1.40 bits per heavy atom. The van der Waals surface area contributed by atoms with Crippen LogP contribution < -0.4 is 9.62 Å². The number of thioether (sulfide) groups is 1. The Kier molecular flexibility index (Phi) is 3.71. The van der Waals surface area contributed by atoms with Gasteiger partial charge in [0.05, 0.1) is 5.39 Å². The number of fused-ring (bicyclic) bond motifs is 3. The standard InChI is InChI=1S/C13H11BrN4OS/c1-2-5-20-13-16-12(19)11-9-6-8(14)3-4-10(9)15-7-18(11)17-13/h3-4,6-7H,2,5H2,1H3. The van der Waals surface area contributed by atoms with Crippen LogP contribution in [0.5, 0.6) is 5.88 Å². The number of nitrogens with zero attached hydrogens (tertiary/aromatic N) is 4. The molecule has 0 saturated carbocycles. The van der Waals surface area contributed by atoms with Gasteiger partial charge in [0.15, 0.2) is 11.0 Å². The minimum absolute atomic E-state index is 0.274. The average molecular weight is 351 g/mol. The van der Waals surface area contributed by atoms with E-state index in [0.717, 1.165) is 27.5 Å². The molecule has 5 nitrogen and oxygen atoms in total. The zero-order chi connectivity index (χ0) is 14.1. The summed E-state index contributed by atoms with van der Waals surface area (Å²) < 4.78 is 2.41. The third-order valence-electron chi connectivity index (χ3n) is 2.78. The first kappa shape index (κ1) is 13.5. The van der Waals surface area contributed by atoms with Crippen LogP contribution >= 0.6 is 27.7 Å². The van der Waals surface area contributed by atoms with Gasteiger partial charge in [-0.3, -0.25) is 0 Å². The maximum absolute atomic E-state index is 12.3. The number of halogens is 1. The molecule has 102 valence electrons. The quantitative estimate of drug-likeness (QED) is 0.411. The molecule has 0 atom stereocenters. The molecule has 0 amide bonds. The molecule has 20 heavy (non-hydrogen) atoms. The summed E-state index contributed by atoms with van der Waals surface area (Å²) in [6.45, 7) is 2.08. The Morgan fingerprint density at radius 3 is 3.05 bits per heavy atom. The molecule has 0 saturated heterocycles. The van der Waals surface area contributed by atoms with Crippen LogP contribution in [0.1, 0.15) is 13.3 Å². The molecule has 0 aliphatic heterocycles. The van der Waals surface area contributed by atoms with Crippen LogP contribution in [0.2, 0.25) is 0 Å². The van der Waals surface area contributed by atoms with Crippen molar-refractivity contribution in [3.8, 4) is 5.88 Å². The van der Waals surface area contributed by atoms with Gasteiger partial charge < -0.3 is 5.11 Å². The van der Waals surface area contributed by atoms with Crippen LogP contribution in [0.3, 0.4) is 0 Å². The highest BCUT2D eigenvalue weighted by atomic mass is 79.9. The van der Waals surface area contributed by atoms with Gasteiger partial charge in [0, 0.05) is 16.1 Å². The molecule has 1 aromatic carbocycles. The van der Waals surface area contributed by atoms with E-state index in [9.17, 15) is 5.11 Å². The summed E-state index contributed by atoms with van der Waals surface area (Å²) in [5.41, 5.74) is 1.21. The number of hydrogen-bond donors (Lipinski definition) is 0. The largest absolute Gasteiger partial charge is 0.856 e. The molecule has 3 rings (SSSR count). The maximum atomic E-state index is 12.3. The van der Waals surface area contributed by atoms with Crippen molar-refractivity contribution in [3.05, 3.63) is 29.0 Å². The molecule has 2 aromatic heterocycles. The predicted octanol–water partition coefficient (Wildman–Crippen LogP) is 2.10. The molecule has 0 fully saturated rings. The number of hydrogen-bond acceptors (Lipinski definition) is 5. The molecule has 7 heteroatoms. The molecule has 0 N–H and O–H groups in total. The monoisotopic (exact) mass is 350 g/mol. The maximum Gasteiger partial charge on any atom is 0.312 e. The molecule has 0 bridgehead atoms. The van der Waals surface area contributed by atoms with E-state index < -0.39 is 0 Å². The van der Waals surface area contributed by atoms with Crippen molar-refractivity contribution in [1.29, 1.82) is 0 Å². The zero-order valence-corrected chi connectivity index (χ0v) is 13.1. The fourth-order valence-corrected chi connectivity index (χ4v) is 2.95. The Balaban J connectivity index is 2.26. The summed E-state index contributed by atoms with van der Waals surface area (Å²) in [6, 6.07) is 5.61. The minimum Gasteiger partial charge on any atom is -0.856 e. The Hall–Kier alpha value is -1.47. The molecular weight excluding hydrogens is 340 g/mol. The fourth-order valence-electron chi connectivity index (χ4n) is 1.91. The highest BCUT2D eigenvalue weighted by molar-refractivity contribution is 9.10. The van der Waals surface area contributed by atoms with Crippen LogP contribution in [0.15, 0.2) is 34.2 Å². The van der Waals surface area contributed by atoms with Crippen LogP contribution in [0.4, 0.5) is 0 Å². The second-order valence-corrected chi connectivity index (χ2v) is 6.22. The van der Waals surface area contributed by atoms with E-state index in [-0.39, 0.29) is 5.88 Å². The number of rotatable bonds is 3. The SMILES string of the molecule is CCCSc1nc([O-])c2c3cc(Br)ccc3nc[n+]2n1. The summed E-state index contributed by atoms with van der Waals surface area (Å²) >= 11 is 4.89. The summed E-state index contributed by atoms with van der Waals surface area (Å²) in [7, 11) is 0. The number of benzene rings is 1. The first-order valence-corrected chi connectivity index (χ1v) is 7.94. The topological polar surface area (TPSA) is 65.8 Å². The van der Waals surface area contributed by atoms with E-state index in [4.69, 9.17) is 0 Å². The Labute approximate surface area is 128 Å². The van der Waals surface area contributed by atoms with Crippen molar-refractivity contribution in [3.63, 3.8) is 0 Å². The van der Waals surface area contributed by atoms with Crippen LogP contribution in [-0.4, -0.2) is 20.8 Å². The van der Waals surface area contributed by atoms with Crippen molar-refractivity contribution in [2.75, 3.05) is 5.75 Å². The third kappa shape index (κ3) is 2.43. The van der Waals surface area contributed by atoms with Gasteiger partial charge in [-0.1, -0.05) is 44.2 Å². The first-order chi connectivity index (χ1) is 9.69. The molecular formula is C13H11BrN4OS. The fraction of sp³-hybridized carbons (Fsp3) is 0.231. The first-order valence-electron chi connectivity index (χ1n) is 6.17. The van der Waals surface area contributed by atoms with E-state index in [2.05, 4.69) is 37.9 Å². The van der Waals surface area contributed by atoms with Crippen molar-refractivity contribution >= 4 is 44.1 Å². The highest BCUT2D eigenvalue weighted by Gasteiger charge is 2.13. The summed E-state index contributed by atoms with van der Waals surface area (Å²) in [6.07, 6.45) is 2.57. The van der Waals surface area contributed by atoms with Crippen molar-refractivity contribution in [1.82, 2.24) is 15.1 Å². The van der Waals surface area contributed by atoms with Crippen molar-refractivity contribution in [2.45, 2.75) is 18.5 Å². The average Bonchev–Trinajstić information content (AvgIpc) is 2.44. The van der Waals surface area contributed by atoms with Gasteiger partial charge in [-0.25, -0.2) is 4.98 Å². The molecule has 0 unspecified atom stereocenters. The van der Waals surface area contributed by atoms with E-state index >= 15 is 0 Å². The third-order valence-corrected chi connectivity index (χ3v) is 4.31. The van der Waals surface area contributed by atoms with Crippen molar-refractivity contribution in [2.24, 2.45) is 0 Å². The molecule has 0 aliphatic rings. The van der Waals surface area contributed by atoms with E-state index in [1.54, 1.807) is 6.33 Å². The van der Waals surface area contributed by atoms with Crippen molar-refractivity contribution < 1.29 is 9.62 Å². The predicted molar refractivity (Wildman–Crippen MR) is 78.7 cm³/mol. The lowest BCUT2D eigenvalue weighted by atomic mass is 10.2. The van der Waals surface area contributed by atoms with Gasteiger partial charge in [0.25, 0.3) is 0 Å². The smallest absolute Gasteiger partial charge is 0.312 e. The lowest BCUT2D eigenvalue weighted by Crippen LogP contribution is -2.30. The molecule has 0 spiro atoms.